The monoisotopic (exact) mass is 433 g/mol. The lowest BCUT2D eigenvalue weighted by Gasteiger charge is -2.15. The van der Waals surface area contributed by atoms with Crippen LogP contribution in [-0.4, -0.2) is 29.3 Å². The van der Waals surface area contributed by atoms with Gasteiger partial charge in [0.15, 0.2) is 0 Å². The van der Waals surface area contributed by atoms with Gasteiger partial charge in [0, 0.05) is 22.2 Å². The molecule has 0 bridgehead atoms. The Morgan fingerprint density at radius 2 is 2.05 bits per heavy atom. The van der Waals surface area contributed by atoms with E-state index in [2.05, 4.69) is 49.1 Å². The zero-order chi connectivity index (χ0) is 15.2. The molecular formula is C14H17Br2N3OS. The fourth-order valence-corrected chi connectivity index (χ4v) is 3.61. The summed E-state index contributed by atoms with van der Waals surface area (Å²) in [5.41, 5.74) is 7.34. The van der Waals surface area contributed by atoms with Crippen LogP contribution in [0.4, 0.5) is 0 Å². The summed E-state index contributed by atoms with van der Waals surface area (Å²) in [6.07, 6.45) is 1.79. The Morgan fingerprint density at radius 1 is 1.33 bits per heavy atom. The molecule has 4 nitrogen and oxygen atoms in total. The minimum atomic E-state index is -0.0904. The van der Waals surface area contributed by atoms with Crippen LogP contribution in [0.25, 0.3) is 0 Å². The predicted molar refractivity (Wildman–Crippen MR) is 93.6 cm³/mol. The number of hydrogen-bond donors (Lipinski definition) is 1. The second-order valence-corrected chi connectivity index (χ2v) is 7.33. The Bertz CT molecular complexity index is 574. The van der Waals surface area contributed by atoms with Crippen LogP contribution in [0, 0.1) is 0 Å². The van der Waals surface area contributed by atoms with Crippen molar-refractivity contribution in [3.63, 3.8) is 0 Å². The van der Waals surface area contributed by atoms with Crippen molar-refractivity contribution in [3.05, 3.63) is 45.1 Å². The van der Waals surface area contributed by atoms with Crippen LogP contribution < -0.4 is 5.73 Å². The van der Waals surface area contributed by atoms with Crippen molar-refractivity contribution in [2.75, 3.05) is 19.5 Å². The van der Waals surface area contributed by atoms with Crippen LogP contribution in [-0.2, 0) is 11.3 Å². The van der Waals surface area contributed by atoms with Gasteiger partial charge >= 0.3 is 0 Å². The molecule has 0 saturated heterocycles. The number of ether oxygens (including phenoxy) is 1. The topological polar surface area (TPSA) is 53.1 Å². The van der Waals surface area contributed by atoms with E-state index in [1.54, 1.807) is 25.1 Å². The zero-order valence-electron chi connectivity index (χ0n) is 11.6. The highest BCUT2D eigenvalue weighted by molar-refractivity contribution is 9.10. The van der Waals surface area contributed by atoms with Crippen molar-refractivity contribution in [1.82, 2.24) is 9.78 Å². The summed E-state index contributed by atoms with van der Waals surface area (Å²) < 4.78 is 9.03. The molecule has 1 aromatic heterocycles. The maximum atomic E-state index is 6.33. The molecule has 7 heteroatoms. The summed E-state index contributed by atoms with van der Waals surface area (Å²) in [4.78, 5) is 1.20. The van der Waals surface area contributed by atoms with Crippen molar-refractivity contribution in [1.29, 1.82) is 0 Å². The summed E-state index contributed by atoms with van der Waals surface area (Å²) in [5.74, 6) is 0.791. The Morgan fingerprint density at radius 3 is 2.71 bits per heavy atom. The van der Waals surface area contributed by atoms with E-state index < -0.39 is 0 Å². The highest BCUT2D eigenvalue weighted by Gasteiger charge is 2.16. The normalized spacial score (nSPS) is 12.6. The highest BCUT2D eigenvalue weighted by atomic mass is 79.9. The molecule has 0 fully saturated rings. The van der Waals surface area contributed by atoms with E-state index in [1.165, 1.54) is 4.90 Å². The number of thioether (sulfide) groups is 1. The average molecular weight is 435 g/mol. The fourth-order valence-electron chi connectivity index (χ4n) is 1.89. The van der Waals surface area contributed by atoms with Crippen LogP contribution >= 0.6 is 43.6 Å². The lowest BCUT2D eigenvalue weighted by atomic mass is 10.2. The number of nitrogens with two attached hydrogens (primary N) is 1. The summed E-state index contributed by atoms with van der Waals surface area (Å²) in [5, 5.41) is 4.34. The first-order chi connectivity index (χ1) is 10.1. The SMILES string of the molecule is COCCn1ncc(Br)c1C(N)CSc1ccc(Br)cc1. The van der Waals surface area contributed by atoms with E-state index >= 15 is 0 Å². The molecule has 0 aliphatic rings. The third-order valence-corrected chi connectivity index (χ3v) is 5.21. The molecule has 0 aliphatic carbocycles. The molecular weight excluding hydrogens is 418 g/mol. The Labute approximate surface area is 145 Å². The first-order valence-electron chi connectivity index (χ1n) is 6.46. The third-order valence-electron chi connectivity index (χ3n) is 2.93. The van der Waals surface area contributed by atoms with E-state index in [0.717, 1.165) is 20.4 Å². The van der Waals surface area contributed by atoms with Crippen molar-refractivity contribution in [3.8, 4) is 0 Å². The standard InChI is InChI=1S/C14H17Br2N3OS/c1-20-7-6-19-14(12(16)8-18-19)13(17)9-21-11-4-2-10(15)3-5-11/h2-5,8,13H,6-7,9,17H2,1H3. The maximum absolute atomic E-state index is 6.33. The minimum absolute atomic E-state index is 0.0904. The van der Waals surface area contributed by atoms with Gasteiger partial charge in [-0.25, -0.2) is 0 Å². The number of benzene rings is 1. The lowest BCUT2D eigenvalue weighted by molar-refractivity contribution is 0.182. The van der Waals surface area contributed by atoms with Crippen LogP contribution in [0.2, 0.25) is 0 Å². The van der Waals surface area contributed by atoms with Crippen molar-refractivity contribution in [2.24, 2.45) is 5.73 Å². The molecule has 21 heavy (non-hydrogen) atoms. The van der Waals surface area contributed by atoms with Crippen molar-refractivity contribution >= 4 is 43.6 Å². The molecule has 1 heterocycles. The average Bonchev–Trinajstić information content (AvgIpc) is 2.85. The van der Waals surface area contributed by atoms with Crippen LogP contribution in [0.1, 0.15) is 11.7 Å². The van der Waals surface area contributed by atoms with E-state index in [0.29, 0.717) is 13.2 Å². The molecule has 0 amide bonds. The van der Waals surface area contributed by atoms with E-state index in [9.17, 15) is 0 Å². The maximum Gasteiger partial charge on any atom is 0.0703 e. The molecule has 0 saturated carbocycles. The predicted octanol–water partition coefficient (Wildman–Crippen LogP) is 3.85. The molecule has 2 aromatic rings. The van der Waals surface area contributed by atoms with E-state index in [4.69, 9.17) is 10.5 Å². The number of rotatable bonds is 7. The summed E-state index contributed by atoms with van der Waals surface area (Å²) >= 11 is 8.70. The summed E-state index contributed by atoms with van der Waals surface area (Å²) in [6.45, 7) is 1.32. The number of aromatic nitrogens is 2. The molecule has 0 spiro atoms. The first-order valence-corrected chi connectivity index (χ1v) is 9.03. The second kappa shape index (κ2) is 8.33. The largest absolute Gasteiger partial charge is 0.383 e. The van der Waals surface area contributed by atoms with E-state index in [1.807, 2.05) is 16.8 Å². The lowest BCUT2D eigenvalue weighted by Crippen LogP contribution is -2.20. The minimum Gasteiger partial charge on any atom is -0.383 e. The van der Waals surface area contributed by atoms with Gasteiger partial charge in [0.2, 0.25) is 0 Å². The smallest absolute Gasteiger partial charge is 0.0703 e. The van der Waals surface area contributed by atoms with Gasteiger partial charge in [-0.1, -0.05) is 15.9 Å². The summed E-state index contributed by atoms with van der Waals surface area (Å²) in [7, 11) is 1.68. The van der Waals surface area contributed by atoms with Crippen molar-refractivity contribution in [2.45, 2.75) is 17.5 Å². The van der Waals surface area contributed by atoms with Crippen LogP contribution in [0.5, 0.6) is 0 Å². The third kappa shape index (κ3) is 4.82. The van der Waals surface area contributed by atoms with Crippen molar-refractivity contribution < 1.29 is 4.74 Å². The first kappa shape index (κ1) is 17.0. The second-order valence-electron chi connectivity index (χ2n) is 4.47. The fraction of sp³-hybridized carbons (Fsp3) is 0.357. The molecule has 0 radical (unpaired) electrons. The Balaban J connectivity index is 2.01. The van der Waals surface area contributed by atoms with Gasteiger partial charge in [-0.2, -0.15) is 5.10 Å². The zero-order valence-corrected chi connectivity index (χ0v) is 15.6. The van der Waals surface area contributed by atoms with Gasteiger partial charge in [0.05, 0.1) is 35.6 Å². The summed E-state index contributed by atoms with van der Waals surface area (Å²) in [6, 6.07) is 8.14. The molecule has 0 aliphatic heterocycles. The number of nitrogens with zero attached hydrogens (tertiary/aromatic N) is 2. The molecule has 1 aromatic carbocycles. The van der Waals surface area contributed by atoms with Gasteiger partial charge in [-0.05, 0) is 40.2 Å². The molecule has 2 N–H and O–H groups in total. The Hall–Kier alpha value is -0.340. The van der Waals surface area contributed by atoms with E-state index in [-0.39, 0.29) is 6.04 Å². The molecule has 114 valence electrons. The highest BCUT2D eigenvalue weighted by Crippen LogP contribution is 2.28. The van der Waals surface area contributed by atoms with Gasteiger partial charge in [-0.3, -0.25) is 4.68 Å². The number of hydrogen-bond acceptors (Lipinski definition) is 4. The van der Waals surface area contributed by atoms with Crippen LogP contribution in [0.3, 0.4) is 0 Å². The molecule has 1 atom stereocenters. The van der Waals surface area contributed by atoms with Gasteiger partial charge in [0.25, 0.3) is 0 Å². The number of halogens is 2. The molecule has 2 rings (SSSR count). The Kier molecular flexibility index (Phi) is 6.75. The van der Waals surface area contributed by atoms with Gasteiger partial charge in [-0.15, -0.1) is 11.8 Å². The quantitative estimate of drug-likeness (QED) is 0.672. The van der Waals surface area contributed by atoms with Crippen LogP contribution in [0.15, 0.2) is 44.3 Å². The van der Waals surface area contributed by atoms with Gasteiger partial charge < -0.3 is 10.5 Å². The number of methoxy groups -OCH3 is 1. The van der Waals surface area contributed by atoms with Gasteiger partial charge in [0.1, 0.15) is 0 Å². The molecule has 1 unspecified atom stereocenters.